The minimum atomic E-state index is -0.0973. The number of cyclic esters (lactones) is 1. The van der Waals surface area contributed by atoms with Crippen molar-refractivity contribution in [3.05, 3.63) is 29.0 Å². The van der Waals surface area contributed by atoms with E-state index in [4.69, 9.17) is 16.3 Å². The van der Waals surface area contributed by atoms with Gasteiger partial charge >= 0.3 is 5.97 Å². The number of halogens is 1. The van der Waals surface area contributed by atoms with E-state index < -0.39 is 0 Å². The molecule has 0 radical (unpaired) electrons. The highest BCUT2D eigenvalue weighted by atomic mass is 35.5. The van der Waals surface area contributed by atoms with Gasteiger partial charge in [-0.05, 0) is 24.5 Å². The van der Waals surface area contributed by atoms with Crippen molar-refractivity contribution in [3.8, 4) is 0 Å². The van der Waals surface area contributed by atoms with Crippen LogP contribution in [0, 0.1) is 5.92 Å². The molecule has 0 spiro atoms. The summed E-state index contributed by atoms with van der Waals surface area (Å²) < 4.78 is 4.88. The molecule has 1 saturated heterocycles. The van der Waals surface area contributed by atoms with E-state index in [2.05, 4.69) is 4.98 Å². The Morgan fingerprint density at radius 1 is 1.57 bits per heavy atom. The maximum atomic E-state index is 11.2. The second-order valence-electron chi connectivity index (χ2n) is 3.35. The van der Waals surface area contributed by atoms with E-state index in [-0.39, 0.29) is 11.9 Å². The fraction of sp³-hybridized carbons (Fsp3) is 0.400. The predicted molar refractivity (Wildman–Crippen MR) is 52.0 cm³/mol. The van der Waals surface area contributed by atoms with Crippen LogP contribution in [-0.4, -0.2) is 17.6 Å². The number of carbonyl (C=O) groups excluding carboxylic acids is 1. The third-order valence-electron chi connectivity index (χ3n) is 2.31. The van der Waals surface area contributed by atoms with Gasteiger partial charge in [0.15, 0.2) is 0 Å². The molecule has 0 aromatic carbocycles. The minimum Gasteiger partial charge on any atom is -0.465 e. The van der Waals surface area contributed by atoms with E-state index in [1.165, 1.54) is 0 Å². The van der Waals surface area contributed by atoms with Gasteiger partial charge < -0.3 is 4.74 Å². The third-order valence-corrected chi connectivity index (χ3v) is 2.54. The highest BCUT2D eigenvalue weighted by molar-refractivity contribution is 6.29. The van der Waals surface area contributed by atoms with Crippen LogP contribution in [0.1, 0.15) is 12.0 Å². The summed E-state index contributed by atoms with van der Waals surface area (Å²) in [6, 6.07) is 3.62. The number of pyridine rings is 1. The molecule has 0 bridgehead atoms. The van der Waals surface area contributed by atoms with E-state index in [0.29, 0.717) is 18.2 Å². The summed E-state index contributed by atoms with van der Waals surface area (Å²) in [5, 5.41) is 0.475. The second kappa shape index (κ2) is 3.96. The van der Waals surface area contributed by atoms with E-state index in [9.17, 15) is 4.79 Å². The summed E-state index contributed by atoms with van der Waals surface area (Å²) in [5.74, 6) is -0.0991. The zero-order valence-electron chi connectivity index (χ0n) is 7.57. The second-order valence-corrected chi connectivity index (χ2v) is 3.73. The van der Waals surface area contributed by atoms with Crippen molar-refractivity contribution >= 4 is 17.6 Å². The number of carbonyl (C=O) groups is 1. The molecule has 0 amide bonds. The molecule has 0 aliphatic carbocycles. The van der Waals surface area contributed by atoms with Gasteiger partial charge in [0.25, 0.3) is 0 Å². The zero-order chi connectivity index (χ0) is 9.97. The van der Waals surface area contributed by atoms with Crippen LogP contribution in [0.15, 0.2) is 18.3 Å². The van der Waals surface area contributed by atoms with Crippen molar-refractivity contribution in [2.24, 2.45) is 5.92 Å². The molecule has 3 nitrogen and oxygen atoms in total. The molecule has 0 N–H and O–H groups in total. The van der Waals surface area contributed by atoms with Gasteiger partial charge in [-0.25, -0.2) is 4.98 Å². The van der Waals surface area contributed by atoms with Gasteiger partial charge in [-0.3, -0.25) is 4.79 Å². The first-order valence-electron chi connectivity index (χ1n) is 4.53. The SMILES string of the molecule is O=C1OCCC1Cc1ccc(Cl)nc1. The van der Waals surface area contributed by atoms with Crippen LogP contribution in [-0.2, 0) is 16.0 Å². The number of hydrogen-bond acceptors (Lipinski definition) is 3. The number of nitrogens with zero attached hydrogens (tertiary/aromatic N) is 1. The first-order valence-corrected chi connectivity index (χ1v) is 4.90. The lowest BCUT2D eigenvalue weighted by molar-refractivity contribution is -0.141. The Morgan fingerprint density at radius 2 is 2.43 bits per heavy atom. The molecule has 1 aliphatic rings. The smallest absolute Gasteiger partial charge is 0.309 e. The van der Waals surface area contributed by atoms with Crippen LogP contribution in [0.25, 0.3) is 0 Å². The van der Waals surface area contributed by atoms with Crippen molar-refractivity contribution in [2.75, 3.05) is 6.61 Å². The van der Waals surface area contributed by atoms with Crippen molar-refractivity contribution in [1.29, 1.82) is 0 Å². The molecule has 14 heavy (non-hydrogen) atoms. The summed E-state index contributed by atoms with van der Waals surface area (Å²) in [6.45, 7) is 0.546. The van der Waals surface area contributed by atoms with E-state index in [1.54, 1.807) is 12.3 Å². The lowest BCUT2D eigenvalue weighted by atomic mass is 10.00. The minimum absolute atomic E-state index is 0.00187. The molecule has 1 aromatic rings. The number of ether oxygens (including phenoxy) is 1. The van der Waals surface area contributed by atoms with E-state index >= 15 is 0 Å². The molecule has 0 saturated carbocycles. The maximum absolute atomic E-state index is 11.2. The molecule has 2 heterocycles. The maximum Gasteiger partial charge on any atom is 0.309 e. The number of esters is 1. The average molecular weight is 212 g/mol. The Bertz CT molecular complexity index is 336. The molecule has 1 fully saturated rings. The molecular weight excluding hydrogens is 202 g/mol. The standard InChI is InChI=1S/C10H10ClNO2/c11-9-2-1-7(6-12-9)5-8-3-4-14-10(8)13/h1-2,6,8H,3-5H2. The lowest BCUT2D eigenvalue weighted by Gasteiger charge is -2.04. The van der Waals surface area contributed by atoms with Crippen molar-refractivity contribution < 1.29 is 9.53 Å². The summed E-state index contributed by atoms with van der Waals surface area (Å²) in [7, 11) is 0. The Kier molecular flexibility index (Phi) is 2.68. The molecule has 74 valence electrons. The molecular formula is C10H10ClNO2. The van der Waals surface area contributed by atoms with Crippen LogP contribution in [0.3, 0.4) is 0 Å². The highest BCUT2D eigenvalue weighted by Crippen LogP contribution is 2.19. The Morgan fingerprint density at radius 3 is 3.00 bits per heavy atom. The molecule has 4 heteroatoms. The first-order chi connectivity index (χ1) is 6.75. The van der Waals surface area contributed by atoms with E-state index in [1.807, 2.05) is 6.07 Å². The van der Waals surface area contributed by atoms with Crippen LogP contribution < -0.4 is 0 Å². The quantitative estimate of drug-likeness (QED) is 0.554. The van der Waals surface area contributed by atoms with E-state index in [0.717, 1.165) is 12.0 Å². The highest BCUT2D eigenvalue weighted by Gasteiger charge is 2.26. The first kappa shape index (κ1) is 9.46. The molecule has 2 rings (SSSR count). The van der Waals surface area contributed by atoms with Gasteiger partial charge in [-0.15, -0.1) is 0 Å². The van der Waals surface area contributed by atoms with Gasteiger partial charge in [0.1, 0.15) is 5.15 Å². The molecule has 1 unspecified atom stereocenters. The lowest BCUT2D eigenvalue weighted by Crippen LogP contribution is -2.10. The summed E-state index contributed by atoms with van der Waals surface area (Å²) in [4.78, 5) is 15.1. The zero-order valence-corrected chi connectivity index (χ0v) is 8.33. The number of hydrogen-bond donors (Lipinski definition) is 0. The van der Waals surface area contributed by atoms with Crippen molar-refractivity contribution in [1.82, 2.24) is 4.98 Å². The van der Waals surface area contributed by atoms with Crippen molar-refractivity contribution in [3.63, 3.8) is 0 Å². The molecule has 1 aliphatic heterocycles. The fourth-order valence-electron chi connectivity index (χ4n) is 1.53. The van der Waals surface area contributed by atoms with Gasteiger partial charge in [-0.1, -0.05) is 17.7 Å². The predicted octanol–water partition coefficient (Wildman–Crippen LogP) is 1.84. The number of rotatable bonds is 2. The van der Waals surface area contributed by atoms with Gasteiger partial charge in [0.2, 0.25) is 0 Å². The summed E-state index contributed by atoms with van der Waals surface area (Å²) in [5.41, 5.74) is 1.03. The summed E-state index contributed by atoms with van der Waals surface area (Å²) >= 11 is 5.65. The van der Waals surface area contributed by atoms with Crippen LogP contribution in [0.4, 0.5) is 0 Å². The van der Waals surface area contributed by atoms with Crippen molar-refractivity contribution in [2.45, 2.75) is 12.8 Å². The Labute approximate surface area is 87.0 Å². The monoisotopic (exact) mass is 211 g/mol. The van der Waals surface area contributed by atoms with Gasteiger partial charge in [-0.2, -0.15) is 0 Å². The molecule has 1 aromatic heterocycles. The Balaban J connectivity index is 2.03. The van der Waals surface area contributed by atoms with Gasteiger partial charge in [0.05, 0.1) is 12.5 Å². The Hall–Kier alpha value is -1.09. The third kappa shape index (κ3) is 2.04. The van der Waals surface area contributed by atoms with Gasteiger partial charge in [0, 0.05) is 6.20 Å². The van der Waals surface area contributed by atoms with Crippen LogP contribution in [0.5, 0.6) is 0 Å². The van der Waals surface area contributed by atoms with Crippen LogP contribution in [0.2, 0.25) is 5.15 Å². The summed E-state index contributed by atoms with van der Waals surface area (Å²) in [6.07, 6.45) is 3.21. The topological polar surface area (TPSA) is 39.2 Å². The van der Waals surface area contributed by atoms with Crippen LogP contribution >= 0.6 is 11.6 Å². The normalized spacial score (nSPS) is 20.9. The number of aromatic nitrogens is 1. The average Bonchev–Trinajstić information content (AvgIpc) is 2.56. The molecule has 1 atom stereocenters. The fourth-order valence-corrected chi connectivity index (χ4v) is 1.65. The largest absolute Gasteiger partial charge is 0.465 e.